The minimum atomic E-state index is 0.267. The van der Waals surface area contributed by atoms with Crippen LogP contribution < -0.4 is 5.32 Å². The average molecular weight is 302 g/mol. The van der Waals surface area contributed by atoms with Crippen LogP contribution in [-0.4, -0.2) is 17.3 Å². The number of carbonyl (C=O) groups is 1. The second-order valence-electron chi connectivity index (χ2n) is 5.83. The van der Waals surface area contributed by atoms with E-state index in [1.807, 2.05) is 0 Å². The van der Waals surface area contributed by atoms with Crippen molar-refractivity contribution in [2.24, 2.45) is 17.8 Å². The van der Waals surface area contributed by atoms with Gasteiger partial charge in [-0.2, -0.15) is 0 Å². The lowest BCUT2D eigenvalue weighted by Gasteiger charge is -2.21. The van der Waals surface area contributed by atoms with E-state index in [9.17, 15) is 4.79 Å². The lowest BCUT2D eigenvalue weighted by Crippen LogP contribution is -2.31. The Labute approximate surface area is 113 Å². The van der Waals surface area contributed by atoms with Gasteiger partial charge < -0.3 is 5.32 Å². The number of rotatable bonds is 6. The van der Waals surface area contributed by atoms with Crippen molar-refractivity contribution in [2.45, 2.75) is 56.7 Å². The lowest BCUT2D eigenvalue weighted by atomic mass is 9.86. The molecule has 2 nitrogen and oxygen atoms in total. The first kappa shape index (κ1) is 13.4. The quantitative estimate of drug-likeness (QED) is 0.748. The Bertz CT molecular complexity index is 269. The van der Waals surface area contributed by atoms with Crippen molar-refractivity contribution >= 4 is 21.8 Å². The van der Waals surface area contributed by atoms with Crippen molar-refractivity contribution in [1.82, 2.24) is 5.32 Å². The van der Waals surface area contributed by atoms with Crippen molar-refractivity contribution in [1.29, 1.82) is 0 Å². The molecular formula is C14H24BrNO. The van der Waals surface area contributed by atoms with Crippen LogP contribution in [0, 0.1) is 17.8 Å². The van der Waals surface area contributed by atoms with Crippen molar-refractivity contribution in [3.63, 3.8) is 0 Å². The van der Waals surface area contributed by atoms with E-state index >= 15 is 0 Å². The third kappa shape index (κ3) is 3.70. The molecule has 2 aliphatic rings. The fourth-order valence-electron chi connectivity index (χ4n) is 3.58. The smallest absolute Gasteiger partial charge is 0.220 e. The molecule has 0 aromatic carbocycles. The summed E-state index contributed by atoms with van der Waals surface area (Å²) in [6.45, 7) is 2.96. The van der Waals surface area contributed by atoms with Crippen LogP contribution in [0.4, 0.5) is 0 Å². The van der Waals surface area contributed by atoms with E-state index in [0.29, 0.717) is 10.7 Å². The number of hydrogen-bond acceptors (Lipinski definition) is 1. The first-order valence-corrected chi connectivity index (χ1v) is 8.01. The molecule has 1 N–H and O–H groups in total. The highest BCUT2D eigenvalue weighted by molar-refractivity contribution is 9.09. The van der Waals surface area contributed by atoms with E-state index in [4.69, 9.17) is 0 Å². The van der Waals surface area contributed by atoms with E-state index in [-0.39, 0.29) is 5.91 Å². The number of hydrogen-bond donors (Lipinski definition) is 1. The molecule has 17 heavy (non-hydrogen) atoms. The predicted molar refractivity (Wildman–Crippen MR) is 74.2 cm³/mol. The first-order chi connectivity index (χ1) is 8.19. The molecule has 3 heteroatoms. The zero-order valence-electron chi connectivity index (χ0n) is 10.8. The van der Waals surface area contributed by atoms with Gasteiger partial charge in [-0.1, -0.05) is 35.7 Å². The molecular weight excluding hydrogens is 278 g/mol. The maximum Gasteiger partial charge on any atom is 0.220 e. The van der Waals surface area contributed by atoms with Crippen LogP contribution in [0.5, 0.6) is 0 Å². The number of alkyl halides is 1. The van der Waals surface area contributed by atoms with Gasteiger partial charge in [-0.15, -0.1) is 0 Å². The molecule has 0 aliphatic heterocycles. The summed E-state index contributed by atoms with van der Waals surface area (Å²) in [6.07, 6.45) is 8.57. The number of nitrogens with one attached hydrogen (secondary N) is 1. The largest absolute Gasteiger partial charge is 0.355 e. The predicted octanol–water partition coefficient (Wildman–Crippen LogP) is 3.49. The Morgan fingerprint density at radius 2 is 2.24 bits per heavy atom. The second kappa shape index (κ2) is 6.21. The maximum absolute atomic E-state index is 11.9. The number of halogens is 1. The van der Waals surface area contributed by atoms with Crippen LogP contribution in [-0.2, 0) is 4.79 Å². The summed E-state index contributed by atoms with van der Waals surface area (Å²) in [7, 11) is 0. The summed E-state index contributed by atoms with van der Waals surface area (Å²) in [5.41, 5.74) is 0. The van der Waals surface area contributed by atoms with Gasteiger partial charge in [0.15, 0.2) is 0 Å². The molecule has 4 unspecified atom stereocenters. The van der Waals surface area contributed by atoms with Crippen LogP contribution in [0.25, 0.3) is 0 Å². The summed E-state index contributed by atoms with van der Waals surface area (Å²) in [5, 5.41) is 3.07. The summed E-state index contributed by atoms with van der Waals surface area (Å²) in [6, 6.07) is 0. The fraction of sp³-hybridized carbons (Fsp3) is 0.929. The molecule has 0 aromatic heterocycles. The lowest BCUT2D eigenvalue weighted by molar-refractivity contribution is -0.122. The van der Waals surface area contributed by atoms with Crippen LogP contribution >= 0.6 is 15.9 Å². The van der Waals surface area contributed by atoms with Crippen LogP contribution in [0.3, 0.4) is 0 Å². The van der Waals surface area contributed by atoms with E-state index in [0.717, 1.165) is 37.6 Å². The SMILES string of the molecule is CCCC(Br)CNC(=O)CC1CC2CCC1C2. The van der Waals surface area contributed by atoms with Crippen molar-refractivity contribution in [3.8, 4) is 0 Å². The first-order valence-electron chi connectivity index (χ1n) is 7.09. The van der Waals surface area contributed by atoms with E-state index in [2.05, 4.69) is 28.2 Å². The van der Waals surface area contributed by atoms with Gasteiger partial charge in [-0.3, -0.25) is 4.79 Å². The van der Waals surface area contributed by atoms with Crippen molar-refractivity contribution < 1.29 is 4.79 Å². The van der Waals surface area contributed by atoms with Gasteiger partial charge in [0.2, 0.25) is 5.91 Å². The molecule has 0 saturated heterocycles. The molecule has 0 radical (unpaired) electrons. The molecule has 98 valence electrons. The highest BCUT2D eigenvalue weighted by Gasteiger charge is 2.39. The molecule has 0 spiro atoms. The van der Waals surface area contributed by atoms with Gasteiger partial charge in [-0.25, -0.2) is 0 Å². The Kier molecular flexibility index (Phi) is 4.89. The average Bonchev–Trinajstić information content (AvgIpc) is 2.88. The molecule has 2 bridgehead atoms. The highest BCUT2D eigenvalue weighted by Crippen LogP contribution is 2.49. The number of fused-ring (bicyclic) bond motifs is 2. The molecule has 2 rings (SSSR count). The molecule has 0 heterocycles. The third-order valence-corrected chi connectivity index (χ3v) is 5.24. The normalized spacial score (nSPS) is 32.7. The van der Waals surface area contributed by atoms with E-state index in [1.54, 1.807) is 0 Å². The van der Waals surface area contributed by atoms with Crippen molar-refractivity contribution in [2.75, 3.05) is 6.54 Å². The molecule has 0 aromatic rings. The van der Waals surface area contributed by atoms with Crippen molar-refractivity contribution in [3.05, 3.63) is 0 Å². The van der Waals surface area contributed by atoms with Gasteiger partial charge in [-0.05, 0) is 43.4 Å². The summed E-state index contributed by atoms with van der Waals surface area (Å²) < 4.78 is 0. The molecule has 2 aliphatic carbocycles. The van der Waals surface area contributed by atoms with Gasteiger partial charge in [0, 0.05) is 17.8 Å². The Balaban J connectivity index is 1.64. The number of amides is 1. The third-order valence-electron chi connectivity index (χ3n) is 4.45. The molecule has 1 amide bonds. The van der Waals surface area contributed by atoms with Crippen LogP contribution in [0.15, 0.2) is 0 Å². The highest BCUT2D eigenvalue weighted by atomic mass is 79.9. The topological polar surface area (TPSA) is 29.1 Å². The van der Waals surface area contributed by atoms with Crippen LogP contribution in [0.1, 0.15) is 51.9 Å². The number of carbonyl (C=O) groups excluding carboxylic acids is 1. The van der Waals surface area contributed by atoms with Gasteiger partial charge in [0.1, 0.15) is 0 Å². The van der Waals surface area contributed by atoms with Gasteiger partial charge >= 0.3 is 0 Å². The van der Waals surface area contributed by atoms with Gasteiger partial charge in [0.05, 0.1) is 0 Å². The zero-order chi connectivity index (χ0) is 12.3. The van der Waals surface area contributed by atoms with E-state index < -0.39 is 0 Å². The minimum Gasteiger partial charge on any atom is -0.355 e. The Hall–Kier alpha value is -0.0500. The molecule has 2 saturated carbocycles. The monoisotopic (exact) mass is 301 g/mol. The summed E-state index contributed by atoms with van der Waals surface area (Å²) in [5.74, 6) is 2.76. The molecule has 4 atom stereocenters. The maximum atomic E-state index is 11.9. The standard InChI is InChI=1S/C14H24BrNO/c1-2-3-13(15)9-16-14(17)8-12-7-10-4-5-11(12)6-10/h10-13H,2-9H2,1H3,(H,16,17). The molecule has 2 fully saturated rings. The summed E-state index contributed by atoms with van der Waals surface area (Å²) >= 11 is 3.60. The van der Waals surface area contributed by atoms with Gasteiger partial charge in [0.25, 0.3) is 0 Å². The summed E-state index contributed by atoms with van der Waals surface area (Å²) in [4.78, 5) is 12.3. The van der Waals surface area contributed by atoms with Crippen LogP contribution in [0.2, 0.25) is 0 Å². The van der Waals surface area contributed by atoms with E-state index in [1.165, 1.54) is 25.7 Å². The Morgan fingerprint density at radius 3 is 2.82 bits per heavy atom. The zero-order valence-corrected chi connectivity index (χ0v) is 12.3. The minimum absolute atomic E-state index is 0.267. The fourth-order valence-corrected chi connectivity index (χ4v) is 4.20. The Morgan fingerprint density at radius 1 is 1.41 bits per heavy atom. The second-order valence-corrected chi connectivity index (χ2v) is 7.12.